The molecule has 0 amide bonds. The molecule has 1 N–H and O–H groups in total. The number of imidazole rings is 1. The molecule has 0 saturated heterocycles. The fourth-order valence-corrected chi connectivity index (χ4v) is 2.53. The molecule has 0 fully saturated rings. The van der Waals surface area contributed by atoms with E-state index in [0.717, 1.165) is 11.0 Å². The predicted octanol–water partition coefficient (Wildman–Crippen LogP) is 2.14. The van der Waals surface area contributed by atoms with Gasteiger partial charge in [-0.2, -0.15) is 0 Å². The summed E-state index contributed by atoms with van der Waals surface area (Å²) in [6.07, 6.45) is 2.44. The summed E-state index contributed by atoms with van der Waals surface area (Å²) in [6, 6.07) is 8.10. The Balaban J connectivity index is 2.27. The number of nitrogens with one attached hydrogen (secondary N) is 1. The molecule has 108 valence electrons. The van der Waals surface area contributed by atoms with Gasteiger partial charge in [-0.1, -0.05) is 12.1 Å². The van der Waals surface area contributed by atoms with E-state index >= 15 is 0 Å². The number of esters is 1. The molecule has 0 bridgehead atoms. The summed E-state index contributed by atoms with van der Waals surface area (Å²) in [5.74, 6) is -0.253. The molecular weight excluding hydrogens is 254 g/mol. The standard InChI is InChI=1S/C15H21N3O2/c1-11(9-15(2,16-3)14(19)20-4)18-10-17-12-7-5-6-8-13(12)18/h5-8,10-11,16H,9H2,1-4H3. The number of rotatable bonds is 5. The monoisotopic (exact) mass is 275 g/mol. The van der Waals surface area contributed by atoms with Gasteiger partial charge in [-0.05, 0) is 39.4 Å². The van der Waals surface area contributed by atoms with Gasteiger partial charge < -0.3 is 14.6 Å². The van der Waals surface area contributed by atoms with Gasteiger partial charge in [0.2, 0.25) is 0 Å². The molecule has 0 aliphatic rings. The average Bonchev–Trinajstić information content (AvgIpc) is 2.90. The summed E-state index contributed by atoms with van der Waals surface area (Å²) in [5, 5.41) is 3.06. The van der Waals surface area contributed by atoms with Crippen molar-refractivity contribution < 1.29 is 9.53 Å². The van der Waals surface area contributed by atoms with Crippen LogP contribution in [-0.4, -0.2) is 35.2 Å². The van der Waals surface area contributed by atoms with Gasteiger partial charge in [0.05, 0.1) is 24.5 Å². The number of hydrogen-bond donors (Lipinski definition) is 1. The van der Waals surface area contributed by atoms with Gasteiger partial charge in [0.15, 0.2) is 0 Å². The van der Waals surface area contributed by atoms with Crippen LogP contribution in [0.25, 0.3) is 11.0 Å². The van der Waals surface area contributed by atoms with Gasteiger partial charge in [-0.3, -0.25) is 4.79 Å². The van der Waals surface area contributed by atoms with Crippen LogP contribution in [0, 0.1) is 0 Å². The number of ether oxygens (including phenoxy) is 1. The van der Waals surface area contributed by atoms with E-state index in [2.05, 4.69) is 21.8 Å². The summed E-state index contributed by atoms with van der Waals surface area (Å²) < 4.78 is 6.98. The van der Waals surface area contributed by atoms with Crippen molar-refractivity contribution in [3.63, 3.8) is 0 Å². The lowest BCUT2D eigenvalue weighted by Crippen LogP contribution is -2.49. The number of likely N-dealkylation sites (N-methyl/N-ethyl adjacent to an activating group) is 1. The molecule has 2 unspecified atom stereocenters. The maximum Gasteiger partial charge on any atom is 0.325 e. The van der Waals surface area contributed by atoms with Crippen molar-refractivity contribution in [2.45, 2.75) is 31.8 Å². The lowest BCUT2D eigenvalue weighted by Gasteiger charge is -2.29. The van der Waals surface area contributed by atoms with Crippen LogP contribution >= 0.6 is 0 Å². The number of aromatic nitrogens is 2. The van der Waals surface area contributed by atoms with E-state index in [0.29, 0.717) is 6.42 Å². The van der Waals surface area contributed by atoms with Crippen molar-refractivity contribution in [1.29, 1.82) is 0 Å². The highest BCUT2D eigenvalue weighted by molar-refractivity contribution is 5.80. The minimum Gasteiger partial charge on any atom is -0.468 e. The van der Waals surface area contributed by atoms with E-state index in [9.17, 15) is 4.79 Å². The second-order valence-corrected chi connectivity index (χ2v) is 5.27. The van der Waals surface area contributed by atoms with Crippen LogP contribution in [0.5, 0.6) is 0 Å². The molecule has 1 aromatic heterocycles. The Kier molecular flexibility index (Phi) is 4.09. The van der Waals surface area contributed by atoms with Crippen molar-refractivity contribution in [3.05, 3.63) is 30.6 Å². The second-order valence-electron chi connectivity index (χ2n) is 5.27. The fourth-order valence-electron chi connectivity index (χ4n) is 2.53. The maximum absolute atomic E-state index is 11.9. The third-order valence-corrected chi connectivity index (χ3v) is 3.85. The van der Waals surface area contributed by atoms with Gasteiger partial charge in [-0.15, -0.1) is 0 Å². The Labute approximate surface area is 118 Å². The van der Waals surface area contributed by atoms with Crippen molar-refractivity contribution in [1.82, 2.24) is 14.9 Å². The molecule has 0 radical (unpaired) electrons. The van der Waals surface area contributed by atoms with Crippen molar-refractivity contribution in [2.75, 3.05) is 14.2 Å². The van der Waals surface area contributed by atoms with Crippen LogP contribution in [0.15, 0.2) is 30.6 Å². The third kappa shape index (κ3) is 2.54. The lowest BCUT2D eigenvalue weighted by atomic mass is 9.93. The summed E-state index contributed by atoms with van der Waals surface area (Å²) in [7, 11) is 3.19. The molecule has 2 atom stereocenters. The van der Waals surface area contributed by atoms with Crippen LogP contribution < -0.4 is 5.32 Å². The maximum atomic E-state index is 11.9. The molecule has 1 heterocycles. The number of fused-ring (bicyclic) bond motifs is 1. The average molecular weight is 275 g/mol. The van der Waals surface area contributed by atoms with Crippen molar-refractivity contribution in [3.8, 4) is 0 Å². The second kappa shape index (κ2) is 5.63. The normalized spacial score (nSPS) is 15.8. The van der Waals surface area contributed by atoms with E-state index in [4.69, 9.17) is 4.74 Å². The van der Waals surface area contributed by atoms with Crippen LogP contribution in [0.2, 0.25) is 0 Å². The fraction of sp³-hybridized carbons (Fsp3) is 0.467. The molecule has 0 spiro atoms. The number of hydrogen-bond acceptors (Lipinski definition) is 4. The highest BCUT2D eigenvalue weighted by Crippen LogP contribution is 2.25. The zero-order chi connectivity index (χ0) is 14.8. The van der Waals surface area contributed by atoms with Crippen molar-refractivity contribution >= 4 is 17.0 Å². The van der Waals surface area contributed by atoms with E-state index in [1.807, 2.05) is 37.5 Å². The van der Waals surface area contributed by atoms with Gasteiger partial charge in [-0.25, -0.2) is 4.98 Å². The summed E-state index contributed by atoms with van der Waals surface area (Å²) >= 11 is 0. The first-order chi connectivity index (χ1) is 9.51. The van der Waals surface area contributed by atoms with Crippen LogP contribution in [0.3, 0.4) is 0 Å². The van der Waals surface area contributed by atoms with Crippen LogP contribution in [0.4, 0.5) is 0 Å². The van der Waals surface area contributed by atoms with Gasteiger partial charge >= 0.3 is 5.97 Å². The minimum atomic E-state index is -0.709. The zero-order valence-corrected chi connectivity index (χ0v) is 12.4. The largest absolute Gasteiger partial charge is 0.468 e. The molecule has 0 aliphatic heterocycles. The SMILES string of the molecule is CNC(C)(CC(C)n1cnc2ccccc21)C(=O)OC. The van der Waals surface area contributed by atoms with Crippen LogP contribution in [-0.2, 0) is 9.53 Å². The first-order valence-electron chi connectivity index (χ1n) is 6.70. The Bertz CT molecular complexity index is 608. The molecule has 1 aromatic carbocycles. The summed E-state index contributed by atoms with van der Waals surface area (Å²) in [6.45, 7) is 3.93. The first-order valence-corrected chi connectivity index (χ1v) is 6.70. The molecule has 5 heteroatoms. The quantitative estimate of drug-likeness (QED) is 0.849. The lowest BCUT2D eigenvalue weighted by molar-refractivity contribution is -0.148. The Hall–Kier alpha value is -1.88. The molecular formula is C15H21N3O2. The number of methoxy groups -OCH3 is 1. The number of benzene rings is 1. The molecule has 20 heavy (non-hydrogen) atoms. The molecule has 0 saturated carbocycles. The molecule has 0 aliphatic carbocycles. The highest BCUT2D eigenvalue weighted by Gasteiger charge is 2.34. The van der Waals surface area contributed by atoms with E-state index < -0.39 is 5.54 Å². The Morgan fingerprint density at radius 1 is 1.50 bits per heavy atom. The van der Waals surface area contributed by atoms with Gasteiger partial charge in [0.1, 0.15) is 5.54 Å². The minimum absolute atomic E-state index is 0.124. The van der Waals surface area contributed by atoms with Gasteiger partial charge in [0.25, 0.3) is 0 Å². The zero-order valence-electron chi connectivity index (χ0n) is 12.4. The molecule has 2 rings (SSSR count). The number of carbonyl (C=O) groups excluding carboxylic acids is 1. The summed E-state index contributed by atoms with van der Waals surface area (Å²) in [4.78, 5) is 16.3. The number of para-hydroxylation sites is 2. The first kappa shape index (κ1) is 14.5. The van der Waals surface area contributed by atoms with E-state index in [-0.39, 0.29) is 12.0 Å². The number of carbonyl (C=O) groups is 1. The van der Waals surface area contributed by atoms with E-state index in [1.165, 1.54) is 7.11 Å². The number of nitrogens with zero attached hydrogens (tertiary/aromatic N) is 2. The molecule has 2 aromatic rings. The molecule has 5 nitrogen and oxygen atoms in total. The predicted molar refractivity (Wildman–Crippen MR) is 78.5 cm³/mol. The highest BCUT2D eigenvalue weighted by atomic mass is 16.5. The van der Waals surface area contributed by atoms with Crippen LogP contribution in [0.1, 0.15) is 26.3 Å². The third-order valence-electron chi connectivity index (χ3n) is 3.85. The van der Waals surface area contributed by atoms with E-state index in [1.54, 1.807) is 7.05 Å². The van der Waals surface area contributed by atoms with Gasteiger partial charge in [0, 0.05) is 6.04 Å². The smallest absolute Gasteiger partial charge is 0.325 e. The summed E-state index contributed by atoms with van der Waals surface area (Å²) in [5.41, 5.74) is 1.33. The topological polar surface area (TPSA) is 56.2 Å². The Morgan fingerprint density at radius 3 is 2.85 bits per heavy atom. The Morgan fingerprint density at radius 2 is 2.20 bits per heavy atom. The van der Waals surface area contributed by atoms with Crippen molar-refractivity contribution in [2.24, 2.45) is 0 Å².